The Morgan fingerprint density at radius 2 is 2.24 bits per heavy atom. The third kappa shape index (κ3) is 3.71. The SMILES string of the molecule is CCOC(=O)C=Cc1ccc(C)c([N+](=O)[O-])c1. The summed E-state index contributed by atoms with van der Waals surface area (Å²) in [4.78, 5) is 21.3. The number of esters is 1. The maximum Gasteiger partial charge on any atom is 0.330 e. The summed E-state index contributed by atoms with van der Waals surface area (Å²) in [5.74, 6) is -0.462. The molecule has 0 fully saturated rings. The molecule has 5 heteroatoms. The zero-order chi connectivity index (χ0) is 12.8. The minimum atomic E-state index is -0.462. The van der Waals surface area contributed by atoms with Crippen LogP contribution in [0.2, 0.25) is 0 Å². The first kappa shape index (κ1) is 12.9. The van der Waals surface area contributed by atoms with Crippen molar-refractivity contribution in [1.82, 2.24) is 0 Å². The second kappa shape index (κ2) is 5.79. The van der Waals surface area contributed by atoms with Crippen LogP contribution < -0.4 is 0 Å². The summed E-state index contributed by atoms with van der Waals surface area (Å²) in [6.45, 7) is 3.68. The van der Waals surface area contributed by atoms with Gasteiger partial charge in [0.05, 0.1) is 11.5 Å². The number of ether oxygens (including phenoxy) is 1. The van der Waals surface area contributed by atoms with Gasteiger partial charge in [-0.1, -0.05) is 12.1 Å². The first-order valence-electron chi connectivity index (χ1n) is 5.14. The highest BCUT2D eigenvalue weighted by Gasteiger charge is 2.09. The molecule has 0 aromatic heterocycles. The van der Waals surface area contributed by atoms with Crippen molar-refractivity contribution in [3.8, 4) is 0 Å². The summed E-state index contributed by atoms with van der Waals surface area (Å²) in [7, 11) is 0. The Bertz CT molecular complexity index is 466. The van der Waals surface area contributed by atoms with Crippen molar-refractivity contribution in [2.45, 2.75) is 13.8 Å². The highest BCUT2D eigenvalue weighted by Crippen LogP contribution is 2.19. The Morgan fingerprint density at radius 3 is 2.82 bits per heavy atom. The molecule has 0 amide bonds. The first-order chi connectivity index (χ1) is 8.04. The van der Waals surface area contributed by atoms with E-state index in [0.29, 0.717) is 17.7 Å². The number of nitrogens with zero attached hydrogens (tertiary/aromatic N) is 1. The average molecular weight is 235 g/mol. The van der Waals surface area contributed by atoms with E-state index < -0.39 is 10.9 Å². The minimum absolute atomic E-state index is 0.0380. The van der Waals surface area contributed by atoms with Crippen LogP contribution in [0.5, 0.6) is 0 Å². The Hall–Kier alpha value is -2.17. The molecule has 1 rings (SSSR count). The van der Waals surface area contributed by atoms with Gasteiger partial charge >= 0.3 is 5.97 Å². The third-order valence-electron chi connectivity index (χ3n) is 2.13. The molecule has 0 spiro atoms. The second-order valence-electron chi connectivity index (χ2n) is 3.39. The molecule has 0 aliphatic heterocycles. The Labute approximate surface area is 98.9 Å². The standard InChI is InChI=1S/C12H13NO4/c1-3-17-12(14)7-6-10-5-4-9(2)11(8-10)13(15)16/h4-8H,3H2,1-2H3. The number of carbonyl (C=O) groups excluding carboxylic acids is 1. The van der Waals surface area contributed by atoms with Gasteiger partial charge in [0, 0.05) is 17.7 Å². The van der Waals surface area contributed by atoms with E-state index >= 15 is 0 Å². The van der Waals surface area contributed by atoms with Crippen LogP contribution in [0.25, 0.3) is 6.08 Å². The molecule has 0 atom stereocenters. The Balaban J connectivity index is 2.89. The number of nitro groups is 1. The van der Waals surface area contributed by atoms with Crippen molar-refractivity contribution < 1.29 is 14.5 Å². The van der Waals surface area contributed by atoms with Crippen molar-refractivity contribution >= 4 is 17.7 Å². The quantitative estimate of drug-likeness (QED) is 0.348. The van der Waals surface area contributed by atoms with Gasteiger partial charge in [0.15, 0.2) is 0 Å². The van der Waals surface area contributed by atoms with Crippen LogP contribution >= 0.6 is 0 Å². The molecule has 0 saturated heterocycles. The summed E-state index contributed by atoms with van der Waals surface area (Å²) in [6, 6.07) is 4.77. The van der Waals surface area contributed by atoms with Crippen molar-refractivity contribution in [1.29, 1.82) is 0 Å². The maximum atomic E-state index is 11.1. The summed E-state index contributed by atoms with van der Waals surface area (Å²) >= 11 is 0. The topological polar surface area (TPSA) is 69.4 Å². The van der Waals surface area contributed by atoms with E-state index in [1.807, 2.05) is 0 Å². The monoisotopic (exact) mass is 235 g/mol. The zero-order valence-corrected chi connectivity index (χ0v) is 9.67. The molecule has 0 heterocycles. The second-order valence-corrected chi connectivity index (χ2v) is 3.39. The number of carbonyl (C=O) groups is 1. The van der Waals surface area contributed by atoms with Gasteiger partial charge in [0.25, 0.3) is 5.69 Å². The van der Waals surface area contributed by atoms with Gasteiger partial charge in [-0.3, -0.25) is 10.1 Å². The molecule has 0 unspecified atom stereocenters. The highest BCUT2D eigenvalue weighted by atomic mass is 16.6. The Kier molecular flexibility index (Phi) is 4.39. The molecular formula is C12H13NO4. The molecular weight excluding hydrogens is 222 g/mol. The number of hydrogen-bond donors (Lipinski definition) is 0. The summed E-state index contributed by atoms with van der Waals surface area (Å²) in [5, 5.41) is 10.7. The molecule has 17 heavy (non-hydrogen) atoms. The van der Waals surface area contributed by atoms with Crippen molar-refractivity contribution in [2.24, 2.45) is 0 Å². The summed E-state index contributed by atoms with van der Waals surface area (Å²) < 4.78 is 4.71. The fourth-order valence-corrected chi connectivity index (χ4v) is 1.28. The fourth-order valence-electron chi connectivity index (χ4n) is 1.28. The minimum Gasteiger partial charge on any atom is -0.463 e. The first-order valence-corrected chi connectivity index (χ1v) is 5.14. The van der Waals surface area contributed by atoms with E-state index in [0.717, 1.165) is 0 Å². The van der Waals surface area contributed by atoms with E-state index in [-0.39, 0.29) is 5.69 Å². The van der Waals surface area contributed by atoms with Gasteiger partial charge in [-0.05, 0) is 25.5 Å². The average Bonchev–Trinajstić information content (AvgIpc) is 2.28. The Morgan fingerprint density at radius 1 is 1.53 bits per heavy atom. The number of aryl methyl sites for hydroxylation is 1. The van der Waals surface area contributed by atoms with E-state index in [2.05, 4.69) is 0 Å². The summed E-state index contributed by atoms with van der Waals surface area (Å²) in [6.07, 6.45) is 2.74. The van der Waals surface area contributed by atoms with Crippen LogP contribution in [0, 0.1) is 17.0 Å². The number of nitro benzene ring substituents is 1. The van der Waals surface area contributed by atoms with Crippen LogP contribution in [0.1, 0.15) is 18.1 Å². The normalized spacial score (nSPS) is 10.5. The largest absolute Gasteiger partial charge is 0.463 e. The number of hydrogen-bond acceptors (Lipinski definition) is 4. The molecule has 0 saturated carbocycles. The summed E-state index contributed by atoms with van der Waals surface area (Å²) in [5.41, 5.74) is 1.22. The molecule has 0 aliphatic rings. The molecule has 0 bridgehead atoms. The van der Waals surface area contributed by atoms with Crippen molar-refractivity contribution in [2.75, 3.05) is 6.61 Å². The van der Waals surface area contributed by atoms with Crippen LogP contribution in [0.15, 0.2) is 24.3 Å². The predicted molar refractivity (Wildman–Crippen MR) is 63.5 cm³/mol. The lowest BCUT2D eigenvalue weighted by molar-refractivity contribution is -0.385. The lowest BCUT2D eigenvalue weighted by atomic mass is 10.1. The molecule has 0 radical (unpaired) electrons. The van der Waals surface area contributed by atoms with Gasteiger partial charge in [-0.15, -0.1) is 0 Å². The van der Waals surface area contributed by atoms with E-state index in [9.17, 15) is 14.9 Å². The van der Waals surface area contributed by atoms with Crippen LogP contribution in [0.4, 0.5) is 5.69 Å². The maximum absolute atomic E-state index is 11.1. The van der Waals surface area contributed by atoms with Crippen molar-refractivity contribution in [3.63, 3.8) is 0 Å². The molecule has 90 valence electrons. The zero-order valence-electron chi connectivity index (χ0n) is 9.67. The third-order valence-corrected chi connectivity index (χ3v) is 2.13. The van der Waals surface area contributed by atoms with E-state index in [1.165, 1.54) is 18.2 Å². The van der Waals surface area contributed by atoms with Gasteiger partial charge in [0.1, 0.15) is 0 Å². The highest BCUT2D eigenvalue weighted by molar-refractivity contribution is 5.87. The lowest BCUT2D eigenvalue weighted by Gasteiger charge is -1.99. The molecule has 1 aromatic rings. The van der Waals surface area contributed by atoms with E-state index in [1.54, 1.807) is 26.0 Å². The lowest BCUT2D eigenvalue weighted by Crippen LogP contribution is -1.98. The molecule has 0 N–H and O–H groups in total. The van der Waals surface area contributed by atoms with Crippen molar-refractivity contribution in [3.05, 3.63) is 45.5 Å². The van der Waals surface area contributed by atoms with Crippen LogP contribution in [0.3, 0.4) is 0 Å². The van der Waals surface area contributed by atoms with Gasteiger partial charge in [-0.2, -0.15) is 0 Å². The number of rotatable bonds is 4. The van der Waals surface area contributed by atoms with Crippen LogP contribution in [-0.2, 0) is 9.53 Å². The molecule has 0 aliphatic carbocycles. The van der Waals surface area contributed by atoms with E-state index in [4.69, 9.17) is 4.74 Å². The van der Waals surface area contributed by atoms with Gasteiger partial charge in [0.2, 0.25) is 0 Å². The van der Waals surface area contributed by atoms with Crippen LogP contribution in [-0.4, -0.2) is 17.5 Å². The number of benzene rings is 1. The smallest absolute Gasteiger partial charge is 0.330 e. The molecule has 5 nitrogen and oxygen atoms in total. The fraction of sp³-hybridized carbons (Fsp3) is 0.250. The van der Waals surface area contributed by atoms with Gasteiger partial charge in [-0.25, -0.2) is 4.79 Å². The van der Waals surface area contributed by atoms with Gasteiger partial charge < -0.3 is 4.74 Å². The predicted octanol–water partition coefficient (Wildman–Crippen LogP) is 2.48. The molecule has 1 aromatic carbocycles.